The molecule has 0 fully saturated rings. The van der Waals surface area contributed by atoms with Crippen LogP contribution >= 0.6 is 0 Å². The minimum absolute atomic E-state index is 0.0511. The number of aromatic nitrogens is 1. The SMILES string of the molecule is O=C(NC(C(=O)OCc1ccc([N+](=O)[O-])cc1)c1ccccc1)c1ccccn1. The van der Waals surface area contributed by atoms with Crippen LogP contribution in [0.1, 0.15) is 27.7 Å². The second kappa shape index (κ2) is 9.23. The van der Waals surface area contributed by atoms with Crippen molar-refractivity contribution in [3.8, 4) is 0 Å². The summed E-state index contributed by atoms with van der Waals surface area (Å²) in [4.78, 5) is 39.4. The molecule has 0 bridgehead atoms. The van der Waals surface area contributed by atoms with Gasteiger partial charge in [0.25, 0.3) is 11.6 Å². The predicted octanol–water partition coefficient (Wildman–Crippen LogP) is 3.20. The quantitative estimate of drug-likeness (QED) is 0.376. The number of hydrogen-bond acceptors (Lipinski definition) is 6. The van der Waals surface area contributed by atoms with E-state index < -0.39 is 22.8 Å². The molecule has 1 aromatic heterocycles. The number of nitro groups is 1. The van der Waals surface area contributed by atoms with Gasteiger partial charge in [-0.3, -0.25) is 19.9 Å². The van der Waals surface area contributed by atoms with E-state index in [9.17, 15) is 19.7 Å². The Morgan fingerprint density at radius 3 is 2.31 bits per heavy atom. The van der Waals surface area contributed by atoms with Gasteiger partial charge in [-0.05, 0) is 35.4 Å². The molecule has 1 unspecified atom stereocenters. The Hall–Kier alpha value is -4.07. The summed E-state index contributed by atoms with van der Waals surface area (Å²) in [6, 6.07) is 18.3. The van der Waals surface area contributed by atoms with Gasteiger partial charge in [0.15, 0.2) is 6.04 Å². The maximum Gasteiger partial charge on any atom is 0.333 e. The van der Waals surface area contributed by atoms with Crippen molar-refractivity contribution < 1.29 is 19.2 Å². The van der Waals surface area contributed by atoms with E-state index in [4.69, 9.17) is 4.74 Å². The highest BCUT2D eigenvalue weighted by atomic mass is 16.6. The molecule has 146 valence electrons. The largest absolute Gasteiger partial charge is 0.459 e. The predicted molar refractivity (Wildman–Crippen MR) is 104 cm³/mol. The zero-order valence-corrected chi connectivity index (χ0v) is 15.2. The maximum absolute atomic E-state index is 12.7. The molecule has 1 heterocycles. The van der Waals surface area contributed by atoms with Gasteiger partial charge in [-0.2, -0.15) is 0 Å². The van der Waals surface area contributed by atoms with Gasteiger partial charge in [-0.1, -0.05) is 36.4 Å². The van der Waals surface area contributed by atoms with Crippen LogP contribution in [-0.2, 0) is 16.1 Å². The summed E-state index contributed by atoms with van der Waals surface area (Å²) in [5.74, 6) is -1.16. The molecule has 1 N–H and O–H groups in total. The number of esters is 1. The first-order valence-corrected chi connectivity index (χ1v) is 8.71. The summed E-state index contributed by atoms with van der Waals surface area (Å²) in [6.07, 6.45) is 1.49. The van der Waals surface area contributed by atoms with Crippen molar-refractivity contribution >= 4 is 17.6 Å². The van der Waals surface area contributed by atoms with Crippen LogP contribution < -0.4 is 5.32 Å². The molecule has 3 aromatic rings. The van der Waals surface area contributed by atoms with Crippen molar-refractivity contribution in [1.29, 1.82) is 0 Å². The van der Waals surface area contributed by atoms with Gasteiger partial charge < -0.3 is 10.1 Å². The highest BCUT2D eigenvalue weighted by Crippen LogP contribution is 2.17. The molecule has 0 aliphatic heterocycles. The zero-order valence-electron chi connectivity index (χ0n) is 15.2. The van der Waals surface area contributed by atoms with Crippen molar-refractivity contribution in [2.24, 2.45) is 0 Å². The minimum Gasteiger partial charge on any atom is -0.459 e. The van der Waals surface area contributed by atoms with Gasteiger partial charge in [0, 0.05) is 18.3 Å². The molecule has 3 rings (SSSR count). The van der Waals surface area contributed by atoms with Crippen LogP contribution in [0.25, 0.3) is 0 Å². The van der Waals surface area contributed by atoms with Crippen molar-refractivity contribution in [3.63, 3.8) is 0 Å². The Balaban J connectivity index is 1.72. The number of nitrogens with one attached hydrogen (secondary N) is 1. The van der Waals surface area contributed by atoms with Crippen LogP contribution in [0.2, 0.25) is 0 Å². The van der Waals surface area contributed by atoms with E-state index in [1.807, 2.05) is 0 Å². The van der Waals surface area contributed by atoms with Crippen LogP contribution in [0.4, 0.5) is 5.69 Å². The smallest absolute Gasteiger partial charge is 0.333 e. The van der Waals surface area contributed by atoms with Crippen molar-refractivity contribution in [3.05, 3.63) is 106 Å². The molecule has 0 saturated heterocycles. The van der Waals surface area contributed by atoms with Gasteiger partial charge in [-0.15, -0.1) is 0 Å². The summed E-state index contributed by atoms with van der Waals surface area (Å²) in [5, 5.41) is 13.4. The molecular weight excluding hydrogens is 374 g/mol. The lowest BCUT2D eigenvalue weighted by molar-refractivity contribution is -0.384. The topological polar surface area (TPSA) is 111 Å². The number of benzene rings is 2. The molecule has 0 spiro atoms. The Labute approximate surface area is 166 Å². The van der Waals surface area contributed by atoms with Gasteiger partial charge >= 0.3 is 5.97 Å². The van der Waals surface area contributed by atoms with E-state index in [1.165, 1.54) is 30.5 Å². The molecule has 0 saturated carbocycles. The number of rotatable bonds is 7. The van der Waals surface area contributed by atoms with E-state index in [2.05, 4.69) is 10.3 Å². The lowest BCUT2D eigenvalue weighted by atomic mass is 10.1. The Morgan fingerprint density at radius 2 is 1.69 bits per heavy atom. The fourth-order valence-corrected chi connectivity index (χ4v) is 2.58. The van der Waals surface area contributed by atoms with Gasteiger partial charge in [0.05, 0.1) is 4.92 Å². The van der Waals surface area contributed by atoms with Crippen molar-refractivity contribution in [2.75, 3.05) is 0 Å². The summed E-state index contributed by atoms with van der Waals surface area (Å²) < 4.78 is 5.34. The Morgan fingerprint density at radius 1 is 1.00 bits per heavy atom. The number of non-ortho nitro benzene ring substituents is 1. The van der Waals surface area contributed by atoms with Crippen LogP contribution in [0.3, 0.4) is 0 Å². The molecular formula is C21H17N3O5. The number of ether oxygens (including phenoxy) is 1. The number of nitro benzene ring substituents is 1. The third kappa shape index (κ3) is 5.23. The Kier molecular flexibility index (Phi) is 6.26. The van der Waals surface area contributed by atoms with E-state index in [0.717, 1.165) is 0 Å². The summed E-state index contributed by atoms with van der Waals surface area (Å²) in [6.45, 7) is -0.0837. The number of nitrogens with zero attached hydrogens (tertiary/aromatic N) is 2. The summed E-state index contributed by atoms with van der Waals surface area (Å²) >= 11 is 0. The van der Waals surface area contributed by atoms with Gasteiger partial charge in [0.1, 0.15) is 12.3 Å². The van der Waals surface area contributed by atoms with Crippen LogP contribution in [0.5, 0.6) is 0 Å². The normalized spacial score (nSPS) is 11.3. The number of pyridine rings is 1. The third-order valence-corrected chi connectivity index (χ3v) is 4.07. The average Bonchev–Trinajstić information content (AvgIpc) is 2.77. The molecule has 8 heteroatoms. The Bertz CT molecular complexity index is 992. The second-order valence-corrected chi connectivity index (χ2v) is 6.06. The lowest BCUT2D eigenvalue weighted by Gasteiger charge is -2.18. The second-order valence-electron chi connectivity index (χ2n) is 6.06. The average molecular weight is 391 g/mol. The fourth-order valence-electron chi connectivity index (χ4n) is 2.58. The van der Waals surface area contributed by atoms with Gasteiger partial charge in [-0.25, -0.2) is 4.79 Å². The van der Waals surface area contributed by atoms with Crippen LogP contribution in [-0.4, -0.2) is 21.8 Å². The molecule has 1 amide bonds. The summed E-state index contributed by atoms with van der Waals surface area (Å²) in [5.41, 5.74) is 1.28. The maximum atomic E-state index is 12.7. The molecule has 29 heavy (non-hydrogen) atoms. The molecule has 1 atom stereocenters. The first-order chi connectivity index (χ1) is 14.0. The van der Waals surface area contributed by atoms with Crippen LogP contribution in [0, 0.1) is 10.1 Å². The highest BCUT2D eigenvalue weighted by molar-refractivity contribution is 5.95. The van der Waals surface area contributed by atoms with E-state index in [-0.39, 0.29) is 18.0 Å². The lowest BCUT2D eigenvalue weighted by Crippen LogP contribution is -2.35. The summed E-state index contributed by atoms with van der Waals surface area (Å²) in [7, 11) is 0. The standard InChI is InChI=1S/C21H17N3O5/c25-20(18-8-4-5-13-22-18)23-19(16-6-2-1-3-7-16)21(26)29-14-15-9-11-17(12-10-15)24(27)28/h1-13,19H,14H2,(H,23,25). The molecule has 0 aliphatic carbocycles. The zero-order chi connectivity index (χ0) is 20.6. The van der Waals surface area contributed by atoms with Crippen molar-refractivity contribution in [2.45, 2.75) is 12.6 Å². The van der Waals surface area contributed by atoms with Crippen molar-refractivity contribution in [1.82, 2.24) is 10.3 Å². The molecule has 2 aromatic carbocycles. The molecule has 0 radical (unpaired) electrons. The molecule has 8 nitrogen and oxygen atoms in total. The number of hydrogen-bond donors (Lipinski definition) is 1. The monoisotopic (exact) mass is 391 g/mol. The van der Waals surface area contributed by atoms with E-state index in [0.29, 0.717) is 11.1 Å². The van der Waals surface area contributed by atoms with E-state index in [1.54, 1.807) is 48.5 Å². The highest BCUT2D eigenvalue weighted by Gasteiger charge is 2.25. The van der Waals surface area contributed by atoms with Gasteiger partial charge in [0.2, 0.25) is 0 Å². The van der Waals surface area contributed by atoms with E-state index >= 15 is 0 Å². The molecule has 0 aliphatic rings. The third-order valence-electron chi connectivity index (χ3n) is 4.07. The minimum atomic E-state index is -1.02. The first kappa shape index (κ1) is 19.7. The fraction of sp³-hybridized carbons (Fsp3) is 0.0952. The number of amides is 1. The van der Waals surface area contributed by atoms with Crippen LogP contribution in [0.15, 0.2) is 79.0 Å². The first-order valence-electron chi connectivity index (χ1n) is 8.71. The number of carbonyl (C=O) groups is 2. The number of carbonyl (C=O) groups excluding carboxylic acids is 2.